The number of aromatic nitrogens is 2. The van der Waals surface area contributed by atoms with E-state index in [-0.39, 0.29) is 0 Å². The molecule has 0 radical (unpaired) electrons. The van der Waals surface area contributed by atoms with Crippen molar-refractivity contribution in [1.29, 1.82) is 0 Å². The highest BCUT2D eigenvalue weighted by molar-refractivity contribution is 9.10. The van der Waals surface area contributed by atoms with Crippen LogP contribution in [0.2, 0.25) is 0 Å². The number of H-pyrrole nitrogens is 1. The highest BCUT2D eigenvalue weighted by Crippen LogP contribution is 2.28. The maximum Gasteiger partial charge on any atom is 0.165 e. The Balaban J connectivity index is 1.97. The molecule has 13 heavy (non-hydrogen) atoms. The van der Waals surface area contributed by atoms with Crippen molar-refractivity contribution in [2.24, 2.45) is 0 Å². The van der Waals surface area contributed by atoms with Crippen molar-refractivity contribution in [1.82, 2.24) is 9.97 Å². The molecule has 0 aliphatic carbocycles. The molecule has 0 saturated heterocycles. The lowest BCUT2D eigenvalue weighted by Crippen LogP contribution is -1.77. The summed E-state index contributed by atoms with van der Waals surface area (Å²) in [7, 11) is 0. The van der Waals surface area contributed by atoms with E-state index in [0.29, 0.717) is 0 Å². The van der Waals surface area contributed by atoms with Gasteiger partial charge >= 0.3 is 0 Å². The van der Waals surface area contributed by atoms with Gasteiger partial charge < -0.3 is 4.98 Å². The zero-order chi connectivity index (χ0) is 9.10. The van der Waals surface area contributed by atoms with Crippen molar-refractivity contribution in [3.63, 3.8) is 0 Å². The minimum atomic E-state index is 0.964. The zero-order valence-electron chi connectivity index (χ0n) is 6.66. The molecular weight excluding hydrogens is 268 g/mol. The number of nitrogens with one attached hydrogen (secondary N) is 1. The van der Waals surface area contributed by atoms with Gasteiger partial charge in [-0.3, -0.25) is 0 Å². The third kappa shape index (κ3) is 2.36. The summed E-state index contributed by atoms with van der Waals surface area (Å²) in [6.07, 6.45) is 3.61. The van der Waals surface area contributed by atoms with Crippen LogP contribution in [0.15, 0.2) is 33.5 Å². The van der Waals surface area contributed by atoms with Gasteiger partial charge in [-0.25, -0.2) is 4.98 Å². The summed E-state index contributed by atoms with van der Waals surface area (Å²) < 4.78 is 1.19. The molecule has 0 aliphatic rings. The maximum atomic E-state index is 4.14. The van der Waals surface area contributed by atoms with Gasteiger partial charge in [-0.2, -0.15) is 0 Å². The Morgan fingerprint density at radius 1 is 1.62 bits per heavy atom. The van der Waals surface area contributed by atoms with Crippen LogP contribution in [0.25, 0.3) is 0 Å². The van der Waals surface area contributed by atoms with Gasteiger partial charge in [0, 0.05) is 27.5 Å². The molecule has 2 nitrogen and oxygen atoms in total. The summed E-state index contributed by atoms with van der Waals surface area (Å²) >= 11 is 6.97. The molecule has 2 aromatic heterocycles. The van der Waals surface area contributed by atoms with E-state index in [1.165, 1.54) is 9.35 Å². The van der Waals surface area contributed by atoms with Crippen LogP contribution < -0.4 is 0 Å². The van der Waals surface area contributed by atoms with Crippen LogP contribution >= 0.6 is 39.0 Å². The van der Waals surface area contributed by atoms with E-state index in [4.69, 9.17) is 0 Å². The smallest absolute Gasteiger partial charge is 0.165 e. The lowest BCUT2D eigenvalue weighted by Gasteiger charge is -1.95. The quantitative estimate of drug-likeness (QED) is 0.868. The van der Waals surface area contributed by atoms with Crippen molar-refractivity contribution in [2.45, 2.75) is 10.9 Å². The molecule has 0 unspecified atom stereocenters. The van der Waals surface area contributed by atoms with Crippen molar-refractivity contribution in [3.8, 4) is 0 Å². The summed E-state index contributed by atoms with van der Waals surface area (Å²) in [5, 5.41) is 3.06. The number of hydrogen-bond acceptors (Lipinski definition) is 3. The van der Waals surface area contributed by atoms with Gasteiger partial charge in [0.1, 0.15) is 0 Å². The van der Waals surface area contributed by atoms with Crippen LogP contribution in [0, 0.1) is 0 Å². The normalized spacial score (nSPS) is 10.5. The highest BCUT2D eigenvalue weighted by atomic mass is 79.9. The third-order valence-corrected chi connectivity index (χ3v) is 4.54. The van der Waals surface area contributed by atoms with E-state index in [2.05, 4.69) is 37.3 Å². The number of thiophene rings is 1. The minimum absolute atomic E-state index is 0.964. The molecule has 2 aromatic rings. The second kappa shape index (κ2) is 4.30. The molecule has 0 fully saturated rings. The number of thioether (sulfide) groups is 1. The summed E-state index contributed by atoms with van der Waals surface area (Å²) in [6.45, 7) is 0. The molecule has 0 bridgehead atoms. The Labute approximate surface area is 92.9 Å². The van der Waals surface area contributed by atoms with Gasteiger partial charge in [-0.05, 0) is 27.4 Å². The van der Waals surface area contributed by atoms with Gasteiger partial charge in [0.2, 0.25) is 0 Å². The Hall–Kier alpha value is -0.260. The van der Waals surface area contributed by atoms with E-state index < -0.39 is 0 Å². The molecule has 5 heteroatoms. The van der Waals surface area contributed by atoms with Crippen LogP contribution in [0.5, 0.6) is 0 Å². The van der Waals surface area contributed by atoms with Crippen LogP contribution in [0.4, 0.5) is 0 Å². The fourth-order valence-electron chi connectivity index (χ4n) is 0.892. The van der Waals surface area contributed by atoms with Gasteiger partial charge in [0.15, 0.2) is 5.16 Å². The number of halogens is 1. The van der Waals surface area contributed by atoms with Gasteiger partial charge in [0.25, 0.3) is 0 Å². The standard InChI is InChI=1S/C8H7BrN2S2/c9-6-1-4-12-7(6)5-13-8-10-2-3-11-8/h1-4H,5H2,(H,10,11). The molecule has 0 spiro atoms. The SMILES string of the molecule is Brc1ccsc1CSc1ncc[nH]1. The molecule has 2 rings (SSSR count). The summed E-state index contributed by atoms with van der Waals surface area (Å²) in [6, 6.07) is 2.07. The number of imidazole rings is 1. The van der Waals surface area contributed by atoms with Crippen molar-refractivity contribution < 1.29 is 0 Å². The third-order valence-electron chi connectivity index (χ3n) is 1.50. The summed E-state index contributed by atoms with van der Waals surface area (Å²) in [5.74, 6) is 0.964. The predicted octanol–water partition coefficient (Wildman–Crippen LogP) is 3.53. The first kappa shape index (κ1) is 9.30. The van der Waals surface area contributed by atoms with E-state index in [0.717, 1.165) is 10.9 Å². The van der Waals surface area contributed by atoms with E-state index in [1.807, 2.05) is 6.20 Å². The van der Waals surface area contributed by atoms with Crippen LogP contribution in [-0.2, 0) is 5.75 Å². The van der Waals surface area contributed by atoms with E-state index in [1.54, 1.807) is 29.3 Å². The Bertz CT molecular complexity index is 369. The molecule has 1 N–H and O–H groups in total. The van der Waals surface area contributed by atoms with Crippen molar-refractivity contribution in [2.75, 3.05) is 0 Å². The second-order valence-electron chi connectivity index (χ2n) is 2.37. The van der Waals surface area contributed by atoms with E-state index in [9.17, 15) is 0 Å². The number of rotatable bonds is 3. The van der Waals surface area contributed by atoms with Gasteiger partial charge in [-0.15, -0.1) is 11.3 Å². The number of hydrogen-bond donors (Lipinski definition) is 1. The monoisotopic (exact) mass is 274 g/mol. The summed E-state index contributed by atoms with van der Waals surface area (Å²) in [4.78, 5) is 8.55. The molecule has 0 aromatic carbocycles. The number of nitrogens with zero attached hydrogens (tertiary/aromatic N) is 1. The molecule has 0 saturated carbocycles. The average Bonchev–Trinajstić information content (AvgIpc) is 2.72. The predicted molar refractivity (Wildman–Crippen MR) is 60.2 cm³/mol. The van der Waals surface area contributed by atoms with Gasteiger partial charge in [-0.1, -0.05) is 11.8 Å². The fourth-order valence-corrected chi connectivity index (χ4v) is 3.51. The largest absolute Gasteiger partial charge is 0.340 e. The average molecular weight is 275 g/mol. The van der Waals surface area contributed by atoms with E-state index >= 15 is 0 Å². The molecule has 0 aliphatic heterocycles. The highest BCUT2D eigenvalue weighted by Gasteiger charge is 2.02. The van der Waals surface area contributed by atoms with Gasteiger partial charge in [0.05, 0.1) is 0 Å². The maximum absolute atomic E-state index is 4.14. The molecule has 0 atom stereocenters. The first-order valence-electron chi connectivity index (χ1n) is 3.70. The molecular formula is C8H7BrN2S2. The Morgan fingerprint density at radius 3 is 3.15 bits per heavy atom. The Kier molecular flexibility index (Phi) is 3.08. The first-order chi connectivity index (χ1) is 6.36. The minimum Gasteiger partial charge on any atom is -0.340 e. The molecule has 0 amide bonds. The topological polar surface area (TPSA) is 28.7 Å². The van der Waals surface area contributed by atoms with Crippen molar-refractivity contribution in [3.05, 3.63) is 33.2 Å². The fraction of sp³-hybridized carbons (Fsp3) is 0.125. The lowest BCUT2D eigenvalue weighted by molar-refractivity contribution is 1.06. The zero-order valence-corrected chi connectivity index (χ0v) is 9.88. The van der Waals surface area contributed by atoms with Crippen LogP contribution in [0.3, 0.4) is 0 Å². The molecule has 68 valence electrons. The lowest BCUT2D eigenvalue weighted by atomic mass is 10.5. The number of aromatic amines is 1. The second-order valence-corrected chi connectivity index (χ2v) is 5.19. The van der Waals surface area contributed by atoms with Crippen LogP contribution in [0.1, 0.15) is 4.88 Å². The summed E-state index contributed by atoms with van der Waals surface area (Å²) in [5.41, 5.74) is 0. The Morgan fingerprint density at radius 2 is 2.54 bits per heavy atom. The van der Waals surface area contributed by atoms with Crippen molar-refractivity contribution >= 4 is 39.0 Å². The first-order valence-corrected chi connectivity index (χ1v) is 6.36. The van der Waals surface area contributed by atoms with Crippen LogP contribution in [-0.4, -0.2) is 9.97 Å². The molecule has 2 heterocycles.